The lowest BCUT2D eigenvalue weighted by atomic mass is 9.95. The van der Waals surface area contributed by atoms with Crippen molar-refractivity contribution in [2.45, 2.75) is 118 Å². The van der Waals surface area contributed by atoms with E-state index in [2.05, 4.69) is 56.1 Å². The molecule has 0 saturated carbocycles. The van der Waals surface area contributed by atoms with Crippen molar-refractivity contribution in [2.75, 3.05) is 13.2 Å². The number of imidazole rings is 1. The number of hydrogen-bond acceptors (Lipinski definition) is 2. The lowest BCUT2D eigenvalue weighted by molar-refractivity contribution is -0.702. The van der Waals surface area contributed by atoms with Gasteiger partial charge in [0, 0.05) is 19.6 Å². The third kappa shape index (κ3) is 8.78. The molecule has 0 aliphatic carbocycles. The van der Waals surface area contributed by atoms with E-state index < -0.39 is 0 Å². The summed E-state index contributed by atoms with van der Waals surface area (Å²) in [5, 5.41) is 0. The molecule has 1 aromatic rings. The van der Waals surface area contributed by atoms with Gasteiger partial charge in [-0.3, -0.25) is 0 Å². The molecule has 0 spiro atoms. The van der Waals surface area contributed by atoms with Crippen LogP contribution in [0.4, 0.5) is 0 Å². The molecule has 0 fully saturated rings. The normalized spacial score (nSPS) is 12.8. The summed E-state index contributed by atoms with van der Waals surface area (Å²) in [6.07, 6.45) is 16.0. The van der Waals surface area contributed by atoms with Gasteiger partial charge >= 0.3 is 0 Å². The first-order valence-electron chi connectivity index (χ1n) is 11.5. The van der Waals surface area contributed by atoms with Crippen molar-refractivity contribution >= 4 is 0 Å². The van der Waals surface area contributed by atoms with E-state index >= 15 is 0 Å². The number of rotatable bonds is 17. The van der Waals surface area contributed by atoms with Crippen LogP contribution in [0.2, 0.25) is 0 Å². The maximum atomic E-state index is 5.89. The second kappa shape index (κ2) is 15.1. The van der Waals surface area contributed by atoms with Gasteiger partial charge in [-0.05, 0) is 34.1 Å². The summed E-state index contributed by atoms with van der Waals surface area (Å²) in [7, 11) is 0. The first kappa shape index (κ1) is 24.2. The molecular weight excluding hydrogens is 336 g/mol. The van der Waals surface area contributed by atoms with Gasteiger partial charge in [-0.2, -0.15) is 0 Å². The highest BCUT2D eigenvalue weighted by atomic mass is 16.7. The van der Waals surface area contributed by atoms with E-state index in [-0.39, 0.29) is 6.29 Å². The fourth-order valence-corrected chi connectivity index (χ4v) is 3.97. The van der Waals surface area contributed by atoms with E-state index in [9.17, 15) is 0 Å². The molecule has 0 bridgehead atoms. The minimum absolute atomic E-state index is 0.0972. The highest BCUT2D eigenvalue weighted by Crippen LogP contribution is 2.27. The van der Waals surface area contributed by atoms with E-state index in [0.717, 1.165) is 19.5 Å². The van der Waals surface area contributed by atoms with Gasteiger partial charge < -0.3 is 9.47 Å². The number of aromatic nitrogens is 2. The van der Waals surface area contributed by atoms with Gasteiger partial charge in [-0.15, -0.1) is 0 Å². The first-order valence-corrected chi connectivity index (χ1v) is 11.5. The Morgan fingerprint density at radius 1 is 0.889 bits per heavy atom. The van der Waals surface area contributed by atoms with Crippen molar-refractivity contribution in [1.29, 1.82) is 0 Å². The van der Waals surface area contributed by atoms with Crippen LogP contribution >= 0.6 is 0 Å². The van der Waals surface area contributed by atoms with Crippen LogP contribution < -0.4 is 4.57 Å². The smallest absolute Gasteiger partial charge is 0.259 e. The number of ether oxygens (including phenoxy) is 2. The van der Waals surface area contributed by atoms with E-state index in [4.69, 9.17) is 9.47 Å². The number of hydrogen-bond donors (Lipinski definition) is 0. The largest absolute Gasteiger partial charge is 0.353 e. The van der Waals surface area contributed by atoms with E-state index in [1.54, 1.807) is 0 Å². The number of unbranched alkanes of at least 4 members (excludes halogenated alkanes) is 6. The van der Waals surface area contributed by atoms with Crippen LogP contribution in [0.25, 0.3) is 0 Å². The fraction of sp³-hybridized carbons (Fsp3) is 0.870. The molecule has 1 heterocycles. The van der Waals surface area contributed by atoms with Gasteiger partial charge in [0.15, 0.2) is 6.29 Å². The van der Waals surface area contributed by atoms with Crippen LogP contribution in [0.1, 0.15) is 104 Å². The average molecular weight is 382 g/mol. The topological polar surface area (TPSA) is 27.3 Å². The maximum Gasteiger partial charge on any atom is 0.259 e. The van der Waals surface area contributed by atoms with Gasteiger partial charge in [0.25, 0.3) is 5.82 Å². The summed E-state index contributed by atoms with van der Waals surface area (Å²) in [6.45, 7) is 14.3. The lowest BCUT2D eigenvalue weighted by Crippen LogP contribution is -2.38. The van der Waals surface area contributed by atoms with E-state index in [0.29, 0.717) is 19.1 Å². The van der Waals surface area contributed by atoms with Gasteiger partial charge in [-0.25, -0.2) is 9.13 Å². The van der Waals surface area contributed by atoms with Crippen LogP contribution in [0.5, 0.6) is 0 Å². The summed E-state index contributed by atoms with van der Waals surface area (Å²) in [6, 6.07) is 0. The molecule has 4 heteroatoms. The minimum Gasteiger partial charge on any atom is -0.353 e. The Morgan fingerprint density at radius 3 is 2.07 bits per heavy atom. The predicted molar refractivity (Wildman–Crippen MR) is 113 cm³/mol. The summed E-state index contributed by atoms with van der Waals surface area (Å²) >= 11 is 0. The van der Waals surface area contributed by atoms with Crippen LogP contribution in [0.15, 0.2) is 12.4 Å². The summed E-state index contributed by atoms with van der Waals surface area (Å²) in [5.74, 6) is 1.93. The molecule has 0 N–H and O–H groups in total. The summed E-state index contributed by atoms with van der Waals surface area (Å²) < 4.78 is 16.6. The average Bonchev–Trinajstić information content (AvgIpc) is 3.09. The van der Waals surface area contributed by atoms with Gasteiger partial charge in [0.05, 0.1) is 19.0 Å². The molecule has 1 atom stereocenters. The molecule has 0 amide bonds. The summed E-state index contributed by atoms with van der Waals surface area (Å²) in [4.78, 5) is 0. The third-order valence-electron chi connectivity index (χ3n) is 5.40. The molecule has 0 aliphatic rings. The second-order valence-corrected chi connectivity index (χ2v) is 7.41. The highest BCUT2D eigenvalue weighted by Gasteiger charge is 2.29. The molecule has 4 nitrogen and oxygen atoms in total. The molecule has 0 radical (unpaired) electrons. The number of nitrogens with zero attached hydrogens (tertiary/aromatic N) is 2. The van der Waals surface area contributed by atoms with Crippen molar-refractivity contribution in [3.63, 3.8) is 0 Å². The monoisotopic (exact) mass is 381 g/mol. The Kier molecular flexibility index (Phi) is 13.5. The van der Waals surface area contributed by atoms with E-state index in [1.807, 2.05) is 0 Å². The van der Waals surface area contributed by atoms with Crippen molar-refractivity contribution in [1.82, 2.24) is 4.57 Å². The van der Waals surface area contributed by atoms with Crippen molar-refractivity contribution in [3.8, 4) is 0 Å². The molecular formula is C23H45N2O2+. The van der Waals surface area contributed by atoms with Gasteiger partial charge in [0.2, 0.25) is 0 Å². The summed E-state index contributed by atoms with van der Waals surface area (Å²) in [5.41, 5.74) is 0. The predicted octanol–water partition coefficient (Wildman–Crippen LogP) is 5.83. The van der Waals surface area contributed by atoms with Crippen molar-refractivity contribution in [3.05, 3.63) is 18.2 Å². The van der Waals surface area contributed by atoms with Crippen molar-refractivity contribution < 1.29 is 14.0 Å². The Balaban J connectivity index is 2.76. The zero-order chi connectivity index (χ0) is 19.9. The van der Waals surface area contributed by atoms with Gasteiger partial charge in [0.1, 0.15) is 12.4 Å². The first-order chi connectivity index (χ1) is 13.2. The minimum atomic E-state index is -0.0972. The molecule has 0 aromatic carbocycles. The molecule has 1 unspecified atom stereocenters. The Bertz CT molecular complexity index is 445. The SMILES string of the molecule is CCCCCCCCCC(CC(OCC)OCC)c1n(CC)cc[n+]1CC. The zero-order valence-corrected chi connectivity index (χ0v) is 18.7. The highest BCUT2D eigenvalue weighted by molar-refractivity contribution is 4.94. The second-order valence-electron chi connectivity index (χ2n) is 7.41. The molecule has 0 aliphatic heterocycles. The van der Waals surface area contributed by atoms with Crippen LogP contribution in [0.3, 0.4) is 0 Å². The maximum absolute atomic E-state index is 5.89. The quantitative estimate of drug-likeness (QED) is 0.193. The molecule has 0 saturated heterocycles. The van der Waals surface area contributed by atoms with Gasteiger partial charge in [-0.1, -0.05) is 51.9 Å². The van der Waals surface area contributed by atoms with Crippen LogP contribution in [-0.2, 0) is 22.6 Å². The Morgan fingerprint density at radius 2 is 1.52 bits per heavy atom. The number of aryl methyl sites for hydroxylation is 2. The lowest BCUT2D eigenvalue weighted by Gasteiger charge is -2.22. The van der Waals surface area contributed by atoms with E-state index in [1.165, 1.54) is 57.2 Å². The molecule has 158 valence electrons. The molecule has 1 aromatic heterocycles. The zero-order valence-electron chi connectivity index (χ0n) is 18.7. The standard InChI is InChI=1S/C23H45N2O2/c1-6-11-12-13-14-15-16-17-21(20-22(26-9-4)27-10-5)23-24(7-2)18-19-25(23)8-3/h18-19,21-22H,6-17,20H2,1-5H3/q+1. The van der Waals surface area contributed by atoms with Crippen LogP contribution in [0, 0.1) is 0 Å². The third-order valence-corrected chi connectivity index (χ3v) is 5.40. The van der Waals surface area contributed by atoms with Crippen LogP contribution in [-0.4, -0.2) is 24.1 Å². The molecule has 27 heavy (non-hydrogen) atoms. The Hall–Kier alpha value is -0.870. The Labute approximate surface area is 168 Å². The fourth-order valence-electron chi connectivity index (χ4n) is 3.97. The molecule has 1 rings (SSSR count). The van der Waals surface area contributed by atoms with Crippen molar-refractivity contribution in [2.24, 2.45) is 0 Å².